The van der Waals surface area contributed by atoms with Gasteiger partial charge in [0.05, 0.1) is 5.60 Å². The second-order valence-electron chi connectivity index (χ2n) is 5.90. The first-order valence-electron chi connectivity index (χ1n) is 6.17. The van der Waals surface area contributed by atoms with Gasteiger partial charge in [0.1, 0.15) is 0 Å². The van der Waals surface area contributed by atoms with E-state index in [2.05, 4.69) is 45.9 Å². The van der Waals surface area contributed by atoms with Gasteiger partial charge in [-0.3, -0.25) is 0 Å². The van der Waals surface area contributed by atoms with Crippen LogP contribution in [0.4, 0.5) is 0 Å². The first-order valence-corrected chi connectivity index (χ1v) is 6.17. The maximum absolute atomic E-state index is 10.9. The maximum atomic E-state index is 10.9. The zero-order valence-electron chi connectivity index (χ0n) is 10.8. The highest BCUT2D eigenvalue weighted by atomic mass is 16.3. The summed E-state index contributed by atoms with van der Waals surface area (Å²) in [7, 11) is 0. The van der Waals surface area contributed by atoms with Gasteiger partial charge in [-0.1, -0.05) is 32.0 Å². The maximum Gasteiger partial charge on any atom is 0.0947 e. The highest BCUT2D eigenvalue weighted by Crippen LogP contribution is 2.52. The Bertz CT molecular complexity index is 406. The summed E-state index contributed by atoms with van der Waals surface area (Å²) < 4.78 is 0. The van der Waals surface area contributed by atoms with E-state index >= 15 is 0 Å². The monoisotopic (exact) mass is 218 g/mol. The molecule has 1 aliphatic carbocycles. The third kappa shape index (κ3) is 1.58. The highest BCUT2D eigenvalue weighted by molar-refractivity contribution is 5.35. The van der Waals surface area contributed by atoms with Gasteiger partial charge in [-0.15, -0.1) is 0 Å². The standard InChI is InChI=1S/C15H22O/c1-11-6-7-13(10-12(11)2)15(16)9-5-8-14(15,3)4/h6-7,10,16H,5,8-9H2,1-4H3. The van der Waals surface area contributed by atoms with E-state index < -0.39 is 5.60 Å². The molecule has 1 nitrogen and oxygen atoms in total. The average molecular weight is 218 g/mol. The van der Waals surface area contributed by atoms with Crippen LogP contribution >= 0.6 is 0 Å². The lowest BCUT2D eigenvalue weighted by molar-refractivity contribution is -0.0485. The summed E-state index contributed by atoms with van der Waals surface area (Å²) >= 11 is 0. The predicted octanol–water partition coefficient (Wildman–Crippen LogP) is 3.70. The van der Waals surface area contributed by atoms with Crippen molar-refractivity contribution in [2.75, 3.05) is 0 Å². The fraction of sp³-hybridized carbons (Fsp3) is 0.600. The van der Waals surface area contributed by atoms with E-state index in [4.69, 9.17) is 0 Å². The molecule has 88 valence electrons. The van der Waals surface area contributed by atoms with Crippen LogP contribution in [0, 0.1) is 19.3 Å². The molecule has 1 saturated carbocycles. The van der Waals surface area contributed by atoms with Crippen molar-refractivity contribution in [2.45, 2.75) is 52.6 Å². The van der Waals surface area contributed by atoms with Crippen LogP contribution in [0.3, 0.4) is 0 Å². The number of hydrogen-bond donors (Lipinski definition) is 1. The second-order valence-corrected chi connectivity index (χ2v) is 5.90. The van der Waals surface area contributed by atoms with E-state index in [0.29, 0.717) is 0 Å². The van der Waals surface area contributed by atoms with Gasteiger partial charge in [0.25, 0.3) is 0 Å². The van der Waals surface area contributed by atoms with E-state index in [-0.39, 0.29) is 5.41 Å². The zero-order chi connectivity index (χ0) is 12.0. The van der Waals surface area contributed by atoms with E-state index in [1.54, 1.807) is 0 Å². The number of aliphatic hydroxyl groups is 1. The van der Waals surface area contributed by atoms with Crippen LogP contribution < -0.4 is 0 Å². The minimum absolute atomic E-state index is 0.00526. The van der Waals surface area contributed by atoms with Crippen molar-refractivity contribution in [3.63, 3.8) is 0 Å². The van der Waals surface area contributed by atoms with Crippen molar-refractivity contribution < 1.29 is 5.11 Å². The molecule has 0 radical (unpaired) electrons. The van der Waals surface area contributed by atoms with Crippen LogP contribution in [0.1, 0.15) is 49.8 Å². The van der Waals surface area contributed by atoms with Crippen LogP contribution in [-0.2, 0) is 5.60 Å². The van der Waals surface area contributed by atoms with Crippen molar-refractivity contribution in [3.8, 4) is 0 Å². The minimum atomic E-state index is -0.633. The molecule has 0 bridgehead atoms. The first-order chi connectivity index (χ1) is 7.37. The normalized spacial score (nSPS) is 28.3. The molecule has 2 rings (SSSR count). The molecule has 0 amide bonds. The Morgan fingerprint density at radius 2 is 1.75 bits per heavy atom. The lowest BCUT2D eigenvalue weighted by atomic mass is 9.73. The third-order valence-corrected chi connectivity index (χ3v) is 4.44. The molecule has 1 heteroatoms. The molecule has 16 heavy (non-hydrogen) atoms. The first kappa shape index (κ1) is 11.7. The fourth-order valence-electron chi connectivity index (χ4n) is 2.87. The Kier molecular flexibility index (Phi) is 2.62. The Morgan fingerprint density at radius 3 is 2.25 bits per heavy atom. The fourth-order valence-corrected chi connectivity index (χ4v) is 2.87. The topological polar surface area (TPSA) is 20.2 Å². The smallest absolute Gasteiger partial charge is 0.0947 e. The lowest BCUT2D eigenvalue weighted by Crippen LogP contribution is -2.36. The van der Waals surface area contributed by atoms with Gasteiger partial charge < -0.3 is 5.11 Å². The minimum Gasteiger partial charge on any atom is -0.385 e. The number of hydrogen-bond acceptors (Lipinski definition) is 1. The van der Waals surface area contributed by atoms with Gasteiger partial charge >= 0.3 is 0 Å². The van der Waals surface area contributed by atoms with Crippen LogP contribution in [0.5, 0.6) is 0 Å². The highest BCUT2D eigenvalue weighted by Gasteiger charge is 2.48. The molecule has 0 heterocycles. The molecule has 1 atom stereocenters. The Balaban J connectivity index is 2.47. The third-order valence-electron chi connectivity index (χ3n) is 4.44. The number of aryl methyl sites for hydroxylation is 2. The van der Waals surface area contributed by atoms with Gasteiger partial charge in [0.2, 0.25) is 0 Å². The summed E-state index contributed by atoms with van der Waals surface area (Å²) in [6.07, 6.45) is 3.12. The van der Waals surface area contributed by atoms with E-state index in [9.17, 15) is 5.11 Å². The molecular weight excluding hydrogens is 196 g/mol. The van der Waals surface area contributed by atoms with Crippen LogP contribution in [0.25, 0.3) is 0 Å². The molecular formula is C15H22O. The van der Waals surface area contributed by atoms with Gasteiger partial charge in [-0.2, -0.15) is 0 Å². The molecule has 1 fully saturated rings. The molecule has 0 spiro atoms. The summed E-state index contributed by atoms with van der Waals surface area (Å²) in [6, 6.07) is 6.37. The molecule has 1 N–H and O–H groups in total. The average Bonchev–Trinajstić information content (AvgIpc) is 2.47. The van der Waals surface area contributed by atoms with Crippen molar-refractivity contribution in [3.05, 3.63) is 34.9 Å². The Morgan fingerprint density at radius 1 is 1.06 bits per heavy atom. The molecule has 0 saturated heterocycles. The summed E-state index contributed by atoms with van der Waals surface area (Å²) in [5.41, 5.74) is 3.02. The zero-order valence-corrected chi connectivity index (χ0v) is 10.8. The quantitative estimate of drug-likeness (QED) is 0.762. The van der Waals surface area contributed by atoms with Crippen LogP contribution in [0.15, 0.2) is 18.2 Å². The van der Waals surface area contributed by atoms with Gasteiger partial charge in [0, 0.05) is 0 Å². The summed E-state index contributed by atoms with van der Waals surface area (Å²) in [5, 5.41) is 10.9. The molecule has 0 aromatic heterocycles. The number of rotatable bonds is 1. The van der Waals surface area contributed by atoms with E-state index in [1.807, 2.05) is 0 Å². The van der Waals surface area contributed by atoms with E-state index in [0.717, 1.165) is 24.8 Å². The summed E-state index contributed by atoms with van der Waals surface area (Å²) in [6.45, 7) is 8.58. The molecule has 1 unspecified atom stereocenters. The SMILES string of the molecule is Cc1ccc(C2(O)CCCC2(C)C)cc1C. The lowest BCUT2D eigenvalue weighted by Gasteiger charge is -2.37. The van der Waals surface area contributed by atoms with Crippen molar-refractivity contribution in [1.29, 1.82) is 0 Å². The molecule has 1 aliphatic rings. The summed E-state index contributed by atoms with van der Waals surface area (Å²) in [4.78, 5) is 0. The van der Waals surface area contributed by atoms with Crippen molar-refractivity contribution >= 4 is 0 Å². The van der Waals surface area contributed by atoms with Crippen molar-refractivity contribution in [1.82, 2.24) is 0 Å². The Hall–Kier alpha value is -0.820. The van der Waals surface area contributed by atoms with E-state index in [1.165, 1.54) is 11.1 Å². The second kappa shape index (κ2) is 3.59. The van der Waals surface area contributed by atoms with Crippen LogP contribution in [-0.4, -0.2) is 5.11 Å². The molecule has 1 aromatic rings. The van der Waals surface area contributed by atoms with Crippen molar-refractivity contribution in [2.24, 2.45) is 5.41 Å². The predicted molar refractivity (Wildman–Crippen MR) is 67.4 cm³/mol. The molecule has 1 aromatic carbocycles. The number of benzene rings is 1. The Labute approximate surface area is 98.5 Å². The van der Waals surface area contributed by atoms with Crippen LogP contribution in [0.2, 0.25) is 0 Å². The van der Waals surface area contributed by atoms with Gasteiger partial charge in [-0.25, -0.2) is 0 Å². The van der Waals surface area contributed by atoms with Gasteiger partial charge in [0.15, 0.2) is 0 Å². The molecule has 0 aliphatic heterocycles. The largest absolute Gasteiger partial charge is 0.385 e. The summed E-state index contributed by atoms with van der Waals surface area (Å²) in [5.74, 6) is 0. The van der Waals surface area contributed by atoms with Gasteiger partial charge in [-0.05, 0) is 55.2 Å².